The predicted octanol–water partition coefficient (Wildman–Crippen LogP) is 6.51. The molecule has 0 aromatic heterocycles. The van der Waals surface area contributed by atoms with Gasteiger partial charge in [0.1, 0.15) is 11.5 Å². The third-order valence-electron chi connectivity index (χ3n) is 5.64. The smallest absolute Gasteiger partial charge is 0.326 e. The number of hydrogen-bond donors (Lipinski definition) is 2. The van der Waals surface area contributed by atoms with Crippen LogP contribution in [0.15, 0.2) is 109 Å². The van der Waals surface area contributed by atoms with E-state index in [2.05, 4.69) is 17.6 Å². The summed E-state index contributed by atoms with van der Waals surface area (Å²) < 4.78 is 5.82. The lowest BCUT2D eigenvalue weighted by Crippen LogP contribution is -2.41. The van der Waals surface area contributed by atoms with Crippen LogP contribution in [-0.4, -0.2) is 25.0 Å². The van der Waals surface area contributed by atoms with Gasteiger partial charge in [-0.25, -0.2) is 4.79 Å². The highest BCUT2D eigenvalue weighted by Gasteiger charge is 2.16. The highest BCUT2D eigenvalue weighted by Crippen LogP contribution is 2.23. The van der Waals surface area contributed by atoms with Gasteiger partial charge in [0, 0.05) is 30.0 Å². The molecule has 36 heavy (non-hydrogen) atoms. The fourth-order valence-electron chi connectivity index (χ4n) is 3.65. The molecule has 2 N–H and O–H groups in total. The van der Waals surface area contributed by atoms with E-state index < -0.39 is 0 Å². The Morgan fingerprint density at radius 1 is 0.750 bits per heavy atom. The highest BCUT2D eigenvalue weighted by molar-refractivity contribution is 6.02. The van der Waals surface area contributed by atoms with Crippen LogP contribution >= 0.6 is 0 Å². The molecule has 4 aromatic rings. The zero-order valence-electron chi connectivity index (χ0n) is 20.2. The number of ether oxygens (including phenoxy) is 1. The minimum absolute atomic E-state index is 0.167. The molecule has 0 atom stereocenters. The second-order valence-electron chi connectivity index (χ2n) is 8.16. The summed E-state index contributed by atoms with van der Waals surface area (Å²) >= 11 is 0. The molecule has 4 aromatic carbocycles. The summed E-state index contributed by atoms with van der Waals surface area (Å²) in [4.78, 5) is 27.3. The maximum Gasteiger partial charge on any atom is 0.326 e. The van der Waals surface area contributed by atoms with Gasteiger partial charge in [-0.3, -0.25) is 9.69 Å². The number of hydrogen-bond acceptors (Lipinski definition) is 3. The monoisotopic (exact) mass is 479 g/mol. The number of para-hydroxylation sites is 2. The van der Waals surface area contributed by atoms with E-state index in [0.29, 0.717) is 30.1 Å². The van der Waals surface area contributed by atoms with E-state index in [1.54, 1.807) is 29.2 Å². The first kappa shape index (κ1) is 24.5. The quantitative estimate of drug-likeness (QED) is 0.287. The predicted molar refractivity (Wildman–Crippen MR) is 144 cm³/mol. The standard InChI is InChI=1S/C30H29N3O3/c1-2-23-13-15-24(16-14-23)29(34)31-21-22-33(26-9-5-3-6-10-26)30(35)32-25-17-19-28(20-18-25)36-27-11-7-4-8-12-27/h3-20H,2,21-22H2,1H3,(H,31,34)(H,32,35). The molecule has 4 rings (SSSR count). The van der Waals surface area contributed by atoms with E-state index in [9.17, 15) is 9.59 Å². The van der Waals surface area contributed by atoms with Gasteiger partial charge in [0.25, 0.3) is 5.91 Å². The minimum atomic E-state index is -0.292. The molecule has 0 spiro atoms. The summed E-state index contributed by atoms with van der Waals surface area (Å²) in [7, 11) is 0. The fourth-order valence-corrected chi connectivity index (χ4v) is 3.65. The average molecular weight is 480 g/mol. The molecule has 0 saturated carbocycles. The Morgan fingerprint density at radius 3 is 2.00 bits per heavy atom. The summed E-state index contributed by atoms with van der Waals surface area (Å²) in [6.45, 7) is 2.69. The number of urea groups is 1. The molecular formula is C30H29N3O3. The van der Waals surface area contributed by atoms with Crippen LogP contribution < -0.4 is 20.3 Å². The van der Waals surface area contributed by atoms with Gasteiger partial charge in [-0.1, -0.05) is 55.5 Å². The number of benzene rings is 4. The molecule has 0 aliphatic rings. The zero-order valence-corrected chi connectivity index (χ0v) is 20.2. The summed E-state index contributed by atoms with van der Waals surface area (Å²) in [6, 6.07) is 33.3. The molecule has 0 unspecified atom stereocenters. The first-order chi connectivity index (χ1) is 17.6. The fraction of sp³-hybridized carbons (Fsp3) is 0.133. The van der Waals surface area contributed by atoms with Crippen molar-refractivity contribution in [2.75, 3.05) is 23.3 Å². The van der Waals surface area contributed by atoms with Crippen LogP contribution in [0.4, 0.5) is 16.2 Å². The molecule has 0 heterocycles. The van der Waals surface area contributed by atoms with Crippen LogP contribution in [0.3, 0.4) is 0 Å². The second-order valence-corrected chi connectivity index (χ2v) is 8.16. The average Bonchev–Trinajstić information content (AvgIpc) is 2.93. The topological polar surface area (TPSA) is 70.7 Å². The van der Waals surface area contributed by atoms with Crippen molar-refractivity contribution in [1.82, 2.24) is 5.32 Å². The Hall–Kier alpha value is -4.58. The van der Waals surface area contributed by atoms with Crippen LogP contribution in [0.25, 0.3) is 0 Å². The van der Waals surface area contributed by atoms with Gasteiger partial charge < -0.3 is 15.4 Å². The van der Waals surface area contributed by atoms with E-state index in [4.69, 9.17) is 4.74 Å². The Bertz CT molecular complexity index is 1260. The molecular weight excluding hydrogens is 450 g/mol. The first-order valence-corrected chi connectivity index (χ1v) is 12.0. The number of aryl methyl sites for hydroxylation is 1. The van der Waals surface area contributed by atoms with Crippen molar-refractivity contribution >= 4 is 23.3 Å². The largest absolute Gasteiger partial charge is 0.457 e. The van der Waals surface area contributed by atoms with Crippen LogP contribution in [0.2, 0.25) is 0 Å². The summed E-state index contributed by atoms with van der Waals surface area (Å²) in [5.41, 5.74) is 3.15. The van der Waals surface area contributed by atoms with E-state index in [1.807, 2.05) is 84.9 Å². The Labute approximate surface area is 211 Å². The van der Waals surface area contributed by atoms with Crippen molar-refractivity contribution < 1.29 is 14.3 Å². The number of carbonyl (C=O) groups excluding carboxylic acids is 2. The summed E-state index contributed by atoms with van der Waals surface area (Å²) in [6.07, 6.45) is 0.922. The molecule has 6 nitrogen and oxygen atoms in total. The minimum Gasteiger partial charge on any atom is -0.457 e. The van der Waals surface area contributed by atoms with Crippen LogP contribution in [0.1, 0.15) is 22.8 Å². The lowest BCUT2D eigenvalue weighted by Gasteiger charge is -2.23. The van der Waals surface area contributed by atoms with Crippen molar-refractivity contribution in [1.29, 1.82) is 0 Å². The Balaban J connectivity index is 1.38. The molecule has 6 heteroatoms. The number of amides is 3. The van der Waals surface area contributed by atoms with Gasteiger partial charge in [-0.2, -0.15) is 0 Å². The first-order valence-electron chi connectivity index (χ1n) is 12.0. The SMILES string of the molecule is CCc1ccc(C(=O)NCCN(C(=O)Nc2ccc(Oc3ccccc3)cc2)c2ccccc2)cc1. The summed E-state index contributed by atoms with van der Waals surface area (Å²) in [5.74, 6) is 1.25. The normalized spacial score (nSPS) is 10.4. The number of nitrogens with one attached hydrogen (secondary N) is 2. The zero-order chi connectivity index (χ0) is 25.2. The van der Waals surface area contributed by atoms with E-state index in [-0.39, 0.29) is 11.9 Å². The maximum absolute atomic E-state index is 13.2. The molecule has 0 aliphatic carbocycles. The van der Waals surface area contributed by atoms with Crippen LogP contribution in [-0.2, 0) is 6.42 Å². The maximum atomic E-state index is 13.2. The number of carbonyl (C=O) groups is 2. The molecule has 3 amide bonds. The van der Waals surface area contributed by atoms with Gasteiger partial charge in [-0.15, -0.1) is 0 Å². The summed E-state index contributed by atoms with van der Waals surface area (Å²) in [5, 5.41) is 5.84. The van der Waals surface area contributed by atoms with Gasteiger partial charge >= 0.3 is 6.03 Å². The van der Waals surface area contributed by atoms with Crippen molar-refractivity contribution in [2.24, 2.45) is 0 Å². The third-order valence-corrected chi connectivity index (χ3v) is 5.64. The molecule has 0 fully saturated rings. The molecule has 0 aliphatic heterocycles. The van der Waals surface area contributed by atoms with Gasteiger partial charge in [0.05, 0.1) is 0 Å². The van der Waals surface area contributed by atoms with Crippen molar-refractivity contribution in [3.05, 3.63) is 120 Å². The van der Waals surface area contributed by atoms with Crippen molar-refractivity contribution in [3.63, 3.8) is 0 Å². The van der Waals surface area contributed by atoms with Gasteiger partial charge in [-0.05, 0) is 72.6 Å². The van der Waals surface area contributed by atoms with Gasteiger partial charge in [0.15, 0.2) is 0 Å². The van der Waals surface area contributed by atoms with Gasteiger partial charge in [0.2, 0.25) is 0 Å². The Kier molecular flexibility index (Phi) is 8.33. The number of anilines is 2. The van der Waals surface area contributed by atoms with Crippen molar-refractivity contribution in [2.45, 2.75) is 13.3 Å². The second kappa shape index (κ2) is 12.2. The lowest BCUT2D eigenvalue weighted by atomic mass is 10.1. The van der Waals surface area contributed by atoms with Crippen molar-refractivity contribution in [3.8, 4) is 11.5 Å². The van der Waals surface area contributed by atoms with E-state index in [0.717, 1.165) is 17.9 Å². The number of nitrogens with zero attached hydrogens (tertiary/aromatic N) is 1. The Morgan fingerprint density at radius 2 is 1.36 bits per heavy atom. The van der Waals surface area contributed by atoms with E-state index in [1.165, 1.54) is 5.56 Å². The highest BCUT2D eigenvalue weighted by atomic mass is 16.5. The third kappa shape index (κ3) is 6.73. The molecule has 0 saturated heterocycles. The van der Waals surface area contributed by atoms with Crippen LogP contribution in [0.5, 0.6) is 11.5 Å². The van der Waals surface area contributed by atoms with E-state index >= 15 is 0 Å². The number of rotatable bonds is 9. The molecule has 0 radical (unpaired) electrons. The van der Waals surface area contributed by atoms with Crippen LogP contribution in [0, 0.1) is 0 Å². The lowest BCUT2D eigenvalue weighted by molar-refractivity contribution is 0.0954. The molecule has 182 valence electrons. The molecule has 0 bridgehead atoms.